The molecular weight excluding hydrogens is 461 g/mol. The number of anilines is 2. The summed E-state index contributed by atoms with van der Waals surface area (Å²) in [6.45, 7) is 1.44. The van der Waals surface area contributed by atoms with Crippen LogP contribution < -0.4 is 14.8 Å². The Bertz CT molecular complexity index is 1310. The minimum absolute atomic E-state index is 0.101. The van der Waals surface area contributed by atoms with Gasteiger partial charge in [-0.25, -0.2) is 12.8 Å². The van der Waals surface area contributed by atoms with E-state index in [1.54, 1.807) is 38.4 Å². The predicted octanol–water partition coefficient (Wildman–Crippen LogP) is 3.65. The van der Waals surface area contributed by atoms with Crippen molar-refractivity contribution in [2.45, 2.75) is 11.8 Å². The van der Waals surface area contributed by atoms with Crippen LogP contribution in [-0.2, 0) is 14.8 Å². The fourth-order valence-corrected chi connectivity index (χ4v) is 3.85. The normalized spacial score (nSPS) is 10.9. The quantitative estimate of drug-likeness (QED) is 0.507. The van der Waals surface area contributed by atoms with Gasteiger partial charge < -0.3 is 15.0 Å². The van der Waals surface area contributed by atoms with E-state index >= 15 is 0 Å². The number of aryl methyl sites for hydroxylation is 1. The number of carbonyl (C=O) groups excluding carboxylic acids is 2. The first-order chi connectivity index (χ1) is 16.0. The van der Waals surface area contributed by atoms with Gasteiger partial charge in [0.05, 0.1) is 4.90 Å². The van der Waals surface area contributed by atoms with Gasteiger partial charge in [-0.2, -0.15) is 0 Å². The van der Waals surface area contributed by atoms with E-state index < -0.39 is 21.7 Å². The number of sulfonamides is 1. The molecule has 3 aromatic rings. The van der Waals surface area contributed by atoms with Crippen molar-refractivity contribution in [1.82, 2.24) is 4.90 Å². The number of likely N-dealkylation sites (N-methyl/N-ethyl adjacent to an activating group) is 1. The summed E-state index contributed by atoms with van der Waals surface area (Å²) in [6.07, 6.45) is 0. The number of amides is 2. The standard InChI is InChI=1S/C24H24FN3O5S/c1-16-7-12-21(14-22(16)25)34(31,32)27-19-6-4-5-17(13-19)24(30)26-18-8-10-20(11-9-18)33-15-23(29)28(2)3/h4-14,27H,15H2,1-3H3,(H,26,30). The molecule has 10 heteroatoms. The molecule has 0 saturated carbocycles. The lowest BCUT2D eigenvalue weighted by molar-refractivity contribution is -0.130. The lowest BCUT2D eigenvalue weighted by Crippen LogP contribution is -2.27. The van der Waals surface area contributed by atoms with Crippen LogP contribution in [0.3, 0.4) is 0 Å². The molecule has 0 aliphatic heterocycles. The van der Waals surface area contributed by atoms with E-state index in [1.165, 1.54) is 48.2 Å². The van der Waals surface area contributed by atoms with Crippen molar-refractivity contribution in [3.8, 4) is 5.75 Å². The van der Waals surface area contributed by atoms with Crippen molar-refractivity contribution in [2.75, 3.05) is 30.7 Å². The first-order valence-corrected chi connectivity index (χ1v) is 11.7. The number of nitrogens with zero attached hydrogens (tertiary/aromatic N) is 1. The molecule has 0 aliphatic carbocycles. The summed E-state index contributed by atoms with van der Waals surface area (Å²) < 4.78 is 46.7. The largest absolute Gasteiger partial charge is 0.484 e. The van der Waals surface area contributed by atoms with Gasteiger partial charge >= 0.3 is 0 Å². The Morgan fingerprint density at radius 2 is 1.68 bits per heavy atom. The Balaban J connectivity index is 1.66. The zero-order chi connectivity index (χ0) is 24.9. The molecule has 0 radical (unpaired) electrons. The van der Waals surface area contributed by atoms with Gasteiger partial charge in [-0.3, -0.25) is 14.3 Å². The highest BCUT2D eigenvalue weighted by molar-refractivity contribution is 7.92. The molecule has 178 valence electrons. The van der Waals surface area contributed by atoms with E-state index in [2.05, 4.69) is 10.0 Å². The average molecular weight is 486 g/mol. The van der Waals surface area contributed by atoms with Gasteiger partial charge in [0.1, 0.15) is 11.6 Å². The predicted molar refractivity (Wildman–Crippen MR) is 127 cm³/mol. The van der Waals surface area contributed by atoms with Gasteiger partial charge in [-0.05, 0) is 67.1 Å². The van der Waals surface area contributed by atoms with Crippen molar-refractivity contribution in [3.05, 3.63) is 83.7 Å². The van der Waals surface area contributed by atoms with Gasteiger partial charge in [0.25, 0.3) is 21.8 Å². The smallest absolute Gasteiger partial charge is 0.261 e. The maximum absolute atomic E-state index is 13.8. The third-order valence-electron chi connectivity index (χ3n) is 4.80. The molecule has 3 aromatic carbocycles. The summed E-state index contributed by atoms with van der Waals surface area (Å²) in [5.74, 6) is -0.798. The summed E-state index contributed by atoms with van der Waals surface area (Å²) in [7, 11) is -0.775. The summed E-state index contributed by atoms with van der Waals surface area (Å²) in [4.78, 5) is 25.4. The SMILES string of the molecule is Cc1ccc(S(=O)(=O)Nc2cccc(C(=O)Nc3ccc(OCC(=O)N(C)C)cc3)c2)cc1F. The highest BCUT2D eigenvalue weighted by Crippen LogP contribution is 2.21. The van der Waals surface area contributed by atoms with E-state index in [9.17, 15) is 22.4 Å². The van der Waals surface area contributed by atoms with Crippen LogP contribution in [0.25, 0.3) is 0 Å². The Hall–Kier alpha value is -3.92. The van der Waals surface area contributed by atoms with Gasteiger partial charge in [-0.15, -0.1) is 0 Å². The number of ether oxygens (including phenoxy) is 1. The first kappa shape index (κ1) is 24.7. The molecule has 0 aromatic heterocycles. The number of hydrogen-bond acceptors (Lipinski definition) is 5. The van der Waals surface area contributed by atoms with Crippen molar-refractivity contribution in [1.29, 1.82) is 0 Å². The Morgan fingerprint density at radius 3 is 2.32 bits per heavy atom. The number of rotatable bonds is 8. The molecule has 2 amide bonds. The molecule has 0 aliphatic rings. The number of hydrogen-bond donors (Lipinski definition) is 2. The monoisotopic (exact) mass is 485 g/mol. The van der Waals surface area contributed by atoms with Crippen molar-refractivity contribution in [2.24, 2.45) is 0 Å². The second-order valence-electron chi connectivity index (χ2n) is 7.65. The topological polar surface area (TPSA) is 105 Å². The molecule has 0 saturated heterocycles. The van der Waals surface area contributed by atoms with Crippen LogP contribution in [0.15, 0.2) is 71.6 Å². The van der Waals surface area contributed by atoms with Crippen LogP contribution >= 0.6 is 0 Å². The summed E-state index contributed by atoms with van der Waals surface area (Å²) in [5, 5.41) is 2.71. The fraction of sp³-hybridized carbons (Fsp3) is 0.167. The third kappa shape index (κ3) is 6.32. The van der Waals surface area contributed by atoms with Crippen molar-refractivity contribution in [3.63, 3.8) is 0 Å². The second-order valence-corrected chi connectivity index (χ2v) is 9.34. The molecular formula is C24H24FN3O5S. The third-order valence-corrected chi connectivity index (χ3v) is 6.18. The van der Waals surface area contributed by atoms with Crippen LogP contribution in [0, 0.1) is 12.7 Å². The number of carbonyl (C=O) groups is 2. The molecule has 3 rings (SSSR count). The van der Waals surface area contributed by atoms with E-state index in [0.29, 0.717) is 17.0 Å². The van der Waals surface area contributed by atoms with Crippen LogP contribution in [0.2, 0.25) is 0 Å². The fourth-order valence-electron chi connectivity index (χ4n) is 2.79. The average Bonchev–Trinajstić information content (AvgIpc) is 2.79. The first-order valence-electron chi connectivity index (χ1n) is 10.2. The van der Waals surface area contributed by atoms with Gasteiger partial charge in [0.15, 0.2) is 6.61 Å². The summed E-state index contributed by atoms with van der Waals surface area (Å²) in [6, 6.07) is 16.0. The van der Waals surface area contributed by atoms with Gasteiger partial charge in [0, 0.05) is 31.0 Å². The van der Waals surface area contributed by atoms with E-state index in [-0.39, 0.29) is 28.7 Å². The molecule has 2 N–H and O–H groups in total. The zero-order valence-corrected chi connectivity index (χ0v) is 19.6. The second kappa shape index (κ2) is 10.3. The summed E-state index contributed by atoms with van der Waals surface area (Å²) >= 11 is 0. The van der Waals surface area contributed by atoms with E-state index in [1.807, 2.05) is 0 Å². The van der Waals surface area contributed by atoms with Crippen molar-refractivity contribution < 1.29 is 27.1 Å². The lowest BCUT2D eigenvalue weighted by Gasteiger charge is -2.12. The van der Waals surface area contributed by atoms with Crippen molar-refractivity contribution >= 4 is 33.2 Å². The van der Waals surface area contributed by atoms with Crippen LogP contribution in [-0.4, -0.2) is 45.8 Å². The molecule has 0 unspecified atom stereocenters. The van der Waals surface area contributed by atoms with Crippen LogP contribution in [0.4, 0.5) is 15.8 Å². The van der Waals surface area contributed by atoms with E-state index in [0.717, 1.165) is 6.07 Å². The van der Waals surface area contributed by atoms with E-state index in [4.69, 9.17) is 4.74 Å². The molecule has 0 bridgehead atoms. The lowest BCUT2D eigenvalue weighted by atomic mass is 10.2. The highest BCUT2D eigenvalue weighted by Gasteiger charge is 2.17. The summed E-state index contributed by atoms with van der Waals surface area (Å²) in [5.41, 5.74) is 1.19. The Labute approximate surface area is 197 Å². The Kier molecular flexibility index (Phi) is 7.52. The van der Waals surface area contributed by atoms with Crippen LogP contribution in [0.1, 0.15) is 15.9 Å². The van der Waals surface area contributed by atoms with Gasteiger partial charge in [-0.1, -0.05) is 12.1 Å². The molecule has 0 heterocycles. The Morgan fingerprint density at radius 1 is 0.971 bits per heavy atom. The molecule has 34 heavy (non-hydrogen) atoms. The van der Waals surface area contributed by atoms with Gasteiger partial charge in [0.2, 0.25) is 0 Å². The molecule has 0 atom stereocenters. The molecule has 8 nitrogen and oxygen atoms in total. The number of halogens is 1. The maximum atomic E-state index is 13.8. The zero-order valence-electron chi connectivity index (χ0n) is 18.8. The number of benzene rings is 3. The highest BCUT2D eigenvalue weighted by atomic mass is 32.2. The minimum atomic E-state index is -4.04. The molecule has 0 spiro atoms. The molecule has 0 fully saturated rings. The minimum Gasteiger partial charge on any atom is -0.484 e. The van der Waals surface area contributed by atoms with Crippen LogP contribution in [0.5, 0.6) is 5.75 Å². The number of nitrogens with one attached hydrogen (secondary N) is 2. The maximum Gasteiger partial charge on any atom is 0.261 e.